The van der Waals surface area contributed by atoms with Crippen LogP contribution in [0, 0.1) is 26.1 Å². The summed E-state index contributed by atoms with van der Waals surface area (Å²) in [6.07, 6.45) is -0.531. The first-order valence-corrected chi connectivity index (χ1v) is 13.0. The van der Waals surface area contributed by atoms with Gasteiger partial charge in [0.2, 0.25) is 19.7 Å². The van der Waals surface area contributed by atoms with Gasteiger partial charge in [0.15, 0.2) is 0 Å². The molecule has 0 bridgehead atoms. The van der Waals surface area contributed by atoms with Gasteiger partial charge in [-0.1, -0.05) is 66.7 Å². The summed E-state index contributed by atoms with van der Waals surface area (Å²) >= 11 is 0. The van der Waals surface area contributed by atoms with E-state index in [1.54, 1.807) is 18.2 Å². The van der Waals surface area contributed by atoms with E-state index in [-0.39, 0.29) is 0 Å². The topological polar surface area (TPSA) is 155 Å². The molecule has 3 aromatic carbocycles. The Kier molecular flexibility index (Phi) is 7.42. The van der Waals surface area contributed by atoms with Crippen LogP contribution in [-0.4, -0.2) is 37.4 Å². The molecule has 0 fully saturated rings. The molecule has 0 N–H and O–H groups in total. The molecule has 0 amide bonds. The van der Waals surface area contributed by atoms with Gasteiger partial charge in [-0.3, -0.25) is 20.2 Å². The zero-order valence-electron chi connectivity index (χ0n) is 17.6. The summed E-state index contributed by atoms with van der Waals surface area (Å²) in [7, 11) is -9.62. The highest BCUT2D eigenvalue weighted by Gasteiger charge is 2.57. The van der Waals surface area contributed by atoms with E-state index in [0.717, 1.165) is 24.3 Å². The Balaban J connectivity index is 2.26. The van der Waals surface area contributed by atoms with E-state index in [2.05, 4.69) is 0 Å². The number of nitrogens with zero attached hydrogens (tertiary/aromatic N) is 2. The van der Waals surface area contributed by atoms with Crippen LogP contribution in [0.5, 0.6) is 0 Å². The lowest BCUT2D eigenvalue weighted by atomic mass is 9.99. The van der Waals surface area contributed by atoms with Crippen LogP contribution in [0.4, 0.5) is 0 Å². The molecule has 0 saturated heterocycles. The fourth-order valence-electron chi connectivity index (χ4n) is 3.73. The molecule has 3 rings (SSSR count). The van der Waals surface area contributed by atoms with E-state index < -0.39 is 62.4 Å². The molecule has 0 aliphatic carbocycles. The van der Waals surface area contributed by atoms with Gasteiger partial charge >= 0.3 is 10.7 Å². The van der Waals surface area contributed by atoms with E-state index in [4.69, 9.17) is 0 Å². The minimum Gasteiger partial charge on any atom is -0.263 e. The van der Waals surface area contributed by atoms with Crippen molar-refractivity contribution in [1.29, 1.82) is 0 Å². The maximum atomic E-state index is 13.3. The zero-order valence-corrected chi connectivity index (χ0v) is 19.2. The molecule has 12 heteroatoms. The highest BCUT2D eigenvalue weighted by molar-refractivity contribution is 7.92. The largest absolute Gasteiger partial charge is 0.325 e. The second-order valence-corrected chi connectivity index (χ2v) is 11.5. The minimum atomic E-state index is -4.81. The van der Waals surface area contributed by atoms with Gasteiger partial charge in [-0.25, -0.2) is 16.8 Å². The van der Waals surface area contributed by atoms with Crippen LogP contribution in [-0.2, 0) is 26.1 Å². The fourth-order valence-corrected chi connectivity index (χ4v) is 7.32. The van der Waals surface area contributed by atoms with Crippen LogP contribution in [0.15, 0.2) is 101 Å². The summed E-state index contributed by atoms with van der Waals surface area (Å²) < 4.78 is 53.3. The highest BCUT2D eigenvalue weighted by Crippen LogP contribution is 2.33. The molecule has 10 nitrogen and oxygen atoms in total. The summed E-state index contributed by atoms with van der Waals surface area (Å²) in [5, 5.41) is 19.1. The molecule has 0 spiro atoms. The van der Waals surface area contributed by atoms with E-state index in [1.165, 1.54) is 48.5 Å². The molecule has 0 saturated carbocycles. The Labute approximate surface area is 196 Å². The first kappa shape index (κ1) is 25.0. The van der Waals surface area contributed by atoms with Crippen molar-refractivity contribution in [3.05, 3.63) is 117 Å². The predicted molar refractivity (Wildman–Crippen MR) is 122 cm³/mol. The molecule has 2 unspecified atom stereocenters. The Morgan fingerprint density at radius 2 is 0.912 bits per heavy atom. The first-order valence-electron chi connectivity index (χ1n) is 9.95. The maximum Gasteiger partial charge on any atom is 0.325 e. The molecule has 2 atom stereocenters. The zero-order chi connectivity index (χ0) is 24.9. The van der Waals surface area contributed by atoms with Gasteiger partial charge in [-0.15, -0.1) is 0 Å². The van der Waals surface area contributed by atoms with E-state index in [9.17, 15) is 37.1 Å². The van der Waals surface area contributed by atoms with Crippen LogP contribution in [0.25, 0.3) is 0 Å². The van der Waals surface area contributed by atoms with E-state index in [0.29, 0.717) is 5.56 Å². The van der Waals surface area contributed by atoms with Gasteiger partial charge < -0.3 is 0 Å². The summed E-state index contributed by atoms with van der Waals surface area (Å²) in [4.78, 5) is 21.1. The smallest absolute Gasteiger partial charge is 0.263 e. The van der Waals surface area contributed by atoms with Crippen molar-refractivity contribution >= 4 is 19.7 Å². The Morgan fingerprint density at radius 1 is 0.588 bits per heavy atom. The van der Waals surface area contributed by atoms with Crippen LogP contribution in [0.1, 0.15) is 5.56 Å². The quantitative estimate of drug-likeness (QED) is 0.301. The molecule has 0 aliphatic heterocycles. The van der Waals surface area contributed by atoms with Crippen LogP contribution in [0.2, 0.25) is 0 Å². The summed E-state index contributed by atoms with van der Waals surface area (Å²) in [6.45, 7) is 0. The van der Waals surface area contributed by atoms with Crippen molar-refractivity contribution < 1.29 is 26.7 Å². The van der Waals surface area contributed by atoms with E-state index >= 15 is 0 Å². The van der Waals surface area contributed by atoms with E-state index in [1.807, 2.05) is 0 Å². The number of nitro groups is 2. The second-order valence-electron chi connectivity index (χ2n) is 7.42. The SMILES string of the molecule is O=[N+]([O-])C(C(Cc1ccccc1)C([N+](=O)[O-])S(=O)(=O)c1ccccc1)S(=O)(=O)c1ccccc1. The maximum absolute atomic E-state index is 13.3. The molecular formula is C22H20N2O8S2. The summed E-state index contributed by atoms with van der Waals surface area (Å²) in [5.74, 6) is -2.04. The van der Waals surface area contributed by atoms with Gasteiger partial charge in [0.1, 0.15) is 5.92 Å². The van der Waals surface area contributed by atoms with Crippen molar-refractivity contribution in [3.8, 4) is 0 Å². The van der Waals surface area contributed by atoms with Crippen LogP contribution >= 0.6 is 0 Å². The van der Waals surface area contributed by atoms with Crippen molar-refractivity contribution in [1.82, 2.24) is 0 Å². The Hall–Kier alpha value is -3.64. The highest BCUT2D eigenvalue weighted by atomic mass is 32.2. The third kappa shape index (κ3) is 5.13. The predicted octanol–water partition coefficient (Wildman–Crippen LogP) is 3.00. The molecule has 0 radical (unpaired) electrons. The lowest BCUT2D eigenvalue weighted by Gasteiger charge is -2.24. The molecule has 34 heavy (non-hydrogen) atoms. The van der Waals surface area contributed by atoms with Gasteiger partial charge in [-0.05, 0) is 36.2 Å². The standard InChI is InChI=1S/C22H20N2O8S2/c25-23(26)21(33(29,30)18-12-6-2-7-13-18)20(16-17-10-4-1-5-11-17)22(24(27)28)34(31,32)19-14-8-3-9-15-19/h1-15,20-22H,16H2. The molecule has 3 aromatic rings. The fraction of sp³-hybridized carbons (Fsp3) is 0.182. The third-order valence-electron chi connectivity index (χ3n) is 5.24. The average Bonchev–Trinajstić information content (AvgIpc) is 2.80. The lowest BCUT2D eigenvalue weighted by Crippen LogP contribution is -2.49. The van der Waals surface area contributed by atoms with Crippen molar-refractivity contribution in [2.75, 3.05) is 0 Å². The third-order valence-corrected chi connectivity index (χ3v) is 9.42. The summed E-state index contributed by atoms with van der Waals surface area (Å²) in [6, 6.07) is 20.6. The summed E-state index contributed by atoms with van der Waals surface area (Å²) in [5.41, 5.74) is 0.317. The number of rotatable bonds is 10. The number of hydrogen-bond acceptors (Lipinski definition) is 8. The lowest BCUT2D eigenvalue weighted by molar-refractivity contribution is -0.545. The van der Waals surface area contributed by atoms with Gasteiger partial charge in [0.05, 0.1) is 9.79 Å². The molecular weight excluding hydrogens is 484 g/mol. The van der Waals surface area contributed by atoms with Crippen LogP contribution < -0.4 is 0 Å². The van der Waals surface area contributed by atoms with Crippen molar-refractivity contribution in [2.45, 2.75) is 27.0 Å². The second kappa shape index (κ2) is 10.1. The molecule has 0 aromatic heterocycles. The minimum absolute atomic E-state index is 0.317. The number of sulfone groups is 2. The Bertz CT molecular complexity index is 1280. The molecule has 0 aliphatic rings. The van der Waals surface area contributed by atoms with Gasteiger partial charge in [0, 0.05) is 9.85 Å². The average molecular weight is 505 g/mol. The molecule has 178 valence electrons. The van der Waals surface area contributed by atoms with Gasteiger partial charge in [-0.2, -0.15) is 0 Å². The van der Waals surface area contributed by atoms with Crippen molar-refractivity contribution in [2.24, 2.45) is 5.92 Å². The number of benzene rings is 3. The molecule has 0 heterocycles. The Morgan fingerprint density at radius 3 is 1.24 bits per heavy atom. The normalized spacial score (nSPS) is 14.6. The van der Waals surface area contributed by atoms with Gasteiger partial charge in [0.25, 0.3) is 0 Å². The monoisotopic (exact) mass is 504 g/mol. The van der Waals surface area contributed by atoms with Crippen molar-refractivity contribution in [3.63, 3.8) is 0 Å². The first-order chi connectivity index (χ1) is 16.1. The number of hydrogen-bond donors (Lipinski definition) is 0. The van der Waals surface area contributed by atoms with Crippen LogP contribution in [0.3, 0.4) is 0 Å².